The van der Waals surface area contributed by atoms with Crippen molar-refractivity contribution in [2.24, 2.45) is 0 Å². The number of hydrogen-bond acceptors (Lipinski definition) is 7. The fraction of sp³-hybridized carbons (Fsp3) is 0. The molecule has 0 atom stereocenters. The van der Waals surface area contributed by atoms with Gasteiger partial charge in [-0.15, -0.1) is 0 Å². The van der Waals surface area contributed by atoms with Crippen LogP contribution in [-0.4, -0.2) is 38.3 Å². The molecule has 9 heteroatoms. The Labute approximate surface area is 95.3 Å². The summed E-state index contributed by atoms with van der Waals surface area (Å²) in [7, 11) is 0. The molecule has 0 aliphatic rings. The summed E-state index contributed by atoms with van der Waals surface area (Å²) in [4.78, 5) is 0. The zero-order valence-corrected chi connectivity index (χ0v) is 8.50. The first kappa shape index (κ1) is 642. The predicted molar refractivity (Wildman–Crippen MR) is 16.8 cm³/mol. The zero-order chi connectivity index (χ0) is 0. The summed E-state index contributed by atoms with van der Waals surface area (Å²) in [5, 5.41) is 0. The summed E-state index contributed by atoms with van der Waals surface area (Å²) < 4.78 is 0. The van der Waals surface area contributed by atoms with E-state index in [1.165, 1.54) is 0 Å². The maximum absolute atomic E-state index is 0. The average Bonchev–Trinajstić information content (AvgIpc) is 0. The van der Waals surface area contributed by atoms with E-state index in [1.807, 2.05) is 0 Å². The van der Waals surface area contributed by atoms with Gasteiger partial charge in [-0.05, 0) is 0 Å². The molecule has 0 heterocycles. The van der Waals surface area contributed by atoms with Crippen LogP contribution in [0.5, 0.6) is 0 Å². The van der Waals surface area contributed by atoms with Gasteiger partial charge < -0.3 is 38.3 Å². The van der Waals surface area contributed by atoms with Crippen LogP contribution >= 0.6 is 0 Å². The van der Waals surface area contributed by atoms with E-state index in [2.05, 4.69) is 0 Å². The van der Waals surface area contributed by atoms with Crippen molar-refractivity contribution in [1.82, 2.24) is 0 Å². The van der Waals surface area contributed by atoms with E-state index in [1.54, 1.807) is 0 Å². The normalized spacial score (nSPS) is 0. The minimum absolute atomic E-state index is 0. The monoisotopic (exact) mass is 260 g/mol. The molecule has 0 aromatic carbocycles. The fourth-order valence-corrected chi connectivity index (χ4v) is 0. The van der Waals surface area contributed by atoms with Crippen LogP contribution in [0.4, 0.5) is 0 Å². The summed E-state index contributed by atoms with van der Waals surface area (Å²) in [5.74, 6) is 0. The largest absolute Gasteiger partial charge is 4.00 e. The second-order valence-corrected chi connectivity index (χ2v) is 0. The van der Waals surface area contributed by atoms with E-state index < -0.39 is 0 Å². The SMILES string of the molecule is [C+4].[Na+].[OH-].[OH-].[OH-].[OH-].[OH-].[OH-].[OH-].[Pd+2]. The van der Waals surface area contributed by atoms with Crippen molar-refractivity contribution >= 4 is 0 Å². The molecule has 0 bridgehead atoms. The quantitative estimate of drug-likeness (QED) is 0.391. The van der Waals surface area contributed by atoms with E-state index in [4.69, 9.17) is 0 Å². The molecular formula is CH7NaO7Pd. The van der Waals surface area contributed by atoms with Gasteiger partial charge in [-0.25, -0.2) is 0 Å². The van der Waals surface area contributed by atoms with Crippen molar-refractivity contribution in [2.45, 2.75) is 0 Å². The Morgan fingerprint density at radius 2 is 0.400 bits per heavy atom. The molecule has 0 aliphatic carbocycles. The van der Waals surface area contributed by atoms with Crippen molar-refractivity contribution in [3.8, 4) is 0 Å². The van der Waals surface area contributed by atoms with Gasteiger partial charge in [0, 0.05) is 0 Å². The summed E-state index contributed by atoms with van der Waals surface area (Å²) in [6, 6.07) is 0. The molecule has 0 aliphatic heterocycles. The van der Waals surface area contributed by atoms with Gasteiger partial charge in [-0.3, -0.25) is 0 Å². The Hall–Kier alpha value is 1.38. The second kappa shape index (κ2) is 478. The van der Waals surface area contributed by atoms with E-state index in [9.17, 15) is 0 Å². The van der Waals surface area contributed by atoms with Gasteiger partial charge in [0.05, 0.1) is 0 Å². The van der Waals surface area contributed by atoms with Crippen LogP contribution in [0, 0.1) is 7.43 Å². The van der Waals surface area contributed by atoms with E-state index in [0.29, 0.717) is 0 Å². The first-order chi connectivity index (χ1) is 0. The van der Waals surface area contributed by atoms with Crippen LogP contribution in [0.3, 0.4) is 0 Å². The van der Waals surface area contributed by atoms with Crippen molar-refractivity contribution in [2.75, 3.05) is 0 Å². The van der Waals surface area contributed by atoms with Crippen LogP contribution < -0.4 is 29.6 Å². The standard InChI is InChI=1S/C.Na.7H2O.Pd/h;;7*1H2;/q+4;+1;;;;;;;;+2/p-7. The Bertz CT molecular complexity index is 13.6. The Morgan fingerprint density at radius 3 is 0.400 bits per heavy atom. The Kier molecular flexibility index (Phi) is 30700. The maximum atomic E-state index is 0. The summed E-state index contributed by atoms with van der Waals surface area (Å²) in [6.45, 7) is 0. The van der Waals surface area contributed by atoms with Gasteiger partial charge in [-0.1, -0.05) is 0 Å². The van der Waals surface area contributed by atoms with E-state index >= 15 is 0 Å². The van der Waals surface area contributed by atoms with Gasteiger partial charge in [0.2, 0.25) is 0 Å². The van der Waals surface area contributed by atoms with Crippen LogP contribution in [0.1, 0.15) is 0 Å². The molecule has 0 aromatic heterocycles. The van der Waals surface area contributed by atoms with Crippen LogP contribution in [0.15, 0.2) is 0 Å². The molecule has 0 unspecified atom stereocenters. The van der Waals surface area contributed by atoms with Gasteiger partial charge in [0.1, 0.15) is 0 Å². The van der Waals surface area contributed by atoms with Crippen LogP contribution in [0.25, 0.3) is 0 Å². The molecular weight excluding hydrogens is 253 g/mol. The third-order valence-electron chi connectivity index (χ3n) is 0. The third-order valence-corrected chi connectivity index (χ3v) is 0. The Balaban J connectivity index is 0. The molecule has 64 valence electrons. The van der Waals surface area contributed by atoms with Gasteiger partial charge in [0.25, 0.3) is 0 Å². The zero-order valence-electron chi connectivity index (χ0n) is 4.95. The van der Waals surface area contributed by atoms with Gasteiger partial charge in [0.15, 0.2) is 0 Å². The number of hydrogen-bond donors (Lipinski definition) is 0. The Morgan fingerprint density at radius 1 is 0.400 bits per heavy atom. The van der Waals surface area contributed by atoms with E-state index in [-0.39, 0.29) is 95.7 Å². The fourth-order valence-electron chi connectivity index (χ4n) is 0. The number of rotatable bonds is 0. The molecule has 0 spiro atoms. The van der Waals surface area contributed by atoms with Crippen molar-refractivity contribution < 1.29 is 88.3 Å². The smallest absolute Gasteiger partial charge is 0.870 e. The molecule has 0 aromatic rings. The van der Waals surface area contributed by atoms with Gasteiger partial charge >= 0.3 is 57.4 Å². The topological polar surface area (TPSA) is 210 Å². The first-order valence-corrected chi connectivity index (χ1v) is 0. The summed E-state index contributed by atoms with van der Waals surface area (Å²) in [5.41, 5.74) is 0. The summed E-state index contributed by atoms with van der Waals surface area (Å²) in [6.07, 6.45) is 0. The summed E-state index contributed by atoms with van der Waals surface area (Å²) >= 11 is 0. The predicted octanol–water partition coefficient (Wildman–Crippen LogP) is -4.15. The maximum Gasteiger partial charge on any atom is 4.00 e. The molecule has 7 N–H and O–H groups in total. The van der Waals surface area contributed by atoms with E-state index in [0.717, 1.165) is 0 Å². The minimum Gasteiger partial charge on any atom is -0.870 e. The first-order valence-electron chi connectivity index (χ1n) is 0. The van der Waals surface area contributed by atoms with Crippen molar-refractivity contribution in [3.05, 3.63) is 7.43 Å². The van der Waals surface area contributed by atoms with Gasteiger partial charge in [-0.2, -0.15) is 0 Å². The molecule has 0 rings (SSSR count). The average molecular weight is 260 g/mol. The molecule has 0 radical (unpaired) electrons. The third kappa shape index (κ3) is 345. The molecule has 0 saturated carbocycles. The van der Waals surface area contributed by atoms with Crippen molar-refractivity contribution in [3.63, 3.8) is 0 Å². The molecule has 10 heavy (non-hydrogen) atoms. The molecule has 7 nitrogen and oxygen atoms in total. The molecule has 0 fully saturated rings. The van der Waals surface area contributed by atoms with Crippen LogP contribution in [0.2, 0.25) is 0 Å². The molecule has 0 amide bonds. The molecule has 0 saturated heterocycles. The minimum atomic E-state index is 0. The van der Waals surface area contributed by atoms with Crippen LogP contribution in [-0.2, 0) is 20.4 Å². The second-order valence-electron chi connectivity index (χ2n) is 0. The van der Waals surface area contributed by atoms with Crippen molar-refractivity contribution in [1.29, 1.82) is 0 Å².